The second-order valence-electron chi connectivity index (χ2n) is 8.68. The third-order valence-corrected chi connectivity index (χ3v) is 7.79. The number of hydrogen-bond acceptors (Lipinski definition) is 5. The average molecular weight is 541 g/mol. The summed E-state index contributed by atoms with van der Waals surface area (Å²) in [5, 5.41) is 0.303. The number of carbonyl (C=O) groups excluding carboxylic acids is 1. The van der Waals surface area contributed by atoms with E-state index in [0.717, 1.165) is 34.5 Å². The molecule has 10 heteroatoms. The Bertz CT molecular complexity index is 1630. The van der Waals surface area contributed by atoms with Crippen LogP contribution in [0.15, 0.2) is 64.5 Å². The molecule has 5 nitrogen and oxygen atoms in total. The lowest BCUT2D eigenvalue weighted by molar-refractivity contribution is 0.0925. The Labute approximate surface area is 219 Å². The molecule has 1 aliphatic heterocycles. The molecule has 0 N–H and O–H groups in total. The van der Waals surface area contributed by atoms with E-state index in [0.29, 0.717) is 16.2 Å². The van der Waals surface area contributed by atoms with E-state index in [1.54, 1.807) is 6.92 Å². The highest BCUT2D eigenvalue weighted by Gasteiger charge is 2.37. The van der Waals surface area contributed by atoms with Gasteiger partial charge in [0.15, 0.2) is 17.4 Å². The number of hydrogen-bond donors (Lipinski definition) is 0. The van der Waals surface area contributed by atoms with Crippen LogP contribution in [0.3, 0.4) is 0 Å². The SMILES string of the molecule is COc1cccc(-c2c(C)c(Cc3c(F)cccc3F)c3n(c2=O)C(C(=O)c2ncccc2F)CS3)c1F. The molecular weight excluding hydrogens is 520 g/mol. The number of benzene rings is 2. The van der Waals surface area contributed by atoms with Crippen molar-refractivity contribution in [2.45, 2.75) is 24.4 Å². The molecule has 0 aliphatic carbocycles. The van der Waals surface area contributed by atoms with E-state index in [2.05, 4.69) is 4.98 Å². The number of halogens is 4. The number of methoxy groups -OCH3 is 1. The molecule has 0 saturated carbocycles. The van der Waals surface area contributed by atoms with Crippen LogP contribution in [0.4, 0.5) is 17.6 Å². The van der Waals surface area contributed by atoms with E-state index < -0.39 is 46.3 Å². The second kappa shape index (κ2) is 10.1. The Morgan fingerprint density at radius 2 is 1.71 bits per heavy atom. The summed E-state index contributed by atoms with van der Waals surface area (Å²) in [4.78, 5) is 31.2. The number of ketones is 1. The number of carbonyl (C=O) groups is 1. The highest BCUT2D eigenvalue weighted by atomic mass is 32.2. The quantitative estimate of drug-likeness (QED) is 0.225. The van der Waals surface area contributed by atoms with Gasteiger partial charge in [-0.05, 0) is 48.4 Å². The van der Waals surface area contributed by atoms with E-state index >= 15 is 4.39 Å². The van der Waals surface area contributed by atoms with Crippen LogP contribution in [-0.2, 0) is 6.42 Å². The van der Waals surface area contributed by atoms with Gasteiger partial charge in [-0.25, -0.2) is 22.5 Å². The maximum atomic E-state index is 15.4. The van der Waals surface area contributed by atoms with E-state index in [-0.39, 0.29) is 34.6 Å². The third-order valence-electron chi connectivity index (χ3n) is 6.59. The van der Waals surface area contributed by atoms with E-state index in [1.807, 2.05) is 0 Å². The van der Waals surface area contributed by atoms with Crippen molar-refractivity contribution >= 4 is 17.5 Å². The van der Waals surface area contributed by atoms with E-state index in [4.69, 9.17) is 4.74 Å². The van der Waals surface area contributed by atoms with Crippen molar-refractivity contribution in [2.24, 2.45) is 0 Å². The van der Waals surface area contributed by atoms with Gasteiger partial charge in [0.1, 0.15) is 23.4 Å². The van der Waals surface area contributed by atoms with Gasteiger partial charge in [0, 0.05) is 29.5 Å². The standard InChI is InChI=1S/C28H20F4N2O3S/c1-14-16(12-17-18(29)7-4-8-19(17)30)28-34(21(13-38-28)26(35)25-20(31)9-5-11-33-25)27(36)23(14)15-6-3-10-22(37-2)24(15)32/h3-11,21H,12-13H2,1-2H3. The largest absolute Gasteiger partial charge is 0.494 e. The lowest BCUT2D eigenvalue weighted by Gasteiger charge is -2.20. The molecule has 0 spiro atoms. The zero-order chi connectivity index (χ0) is 27.1. The zero-order valence-electron chi connectivity index (χ0n) is 20.2. The molecule has 0 saturated heterocycles. The first-order valence-corrected chi connectivity index (χ1v) is 12.5. The lowest BCUT2D eigenvalue weighted by atomic mass is 9.93. The number of aromatic nitrogens is 2. The fraction of sp³-hybridized carbons (Fsp3) is 0.179. The van der Waals surface area contributed by atoms with Gasteiger partial charge in [-0.2, -0.15) is 0 Å². The van der Waals surface area contributed by atoms with Gasteiger partial charge in [0.05, 0.1) is 17.7 Å². The van der Waals surface area contributed by atoms with Crippen LogP contribution in [0, 0.1) is 30.2 Å². The van der Waals surface area contributed by atoms with Gasteiger partial charge in [0.2, 0.25) is 5.78 Å². The first-order chi connectivity index (χ1) is 18.2. The minimum Gasteiger partial charge on any atom is -0.494 e. The predicted molar refractivity (Wildman–Crippen MR) is 135 cm³/mol. The number of thioether (sulfide) groups is 1. The molecule has 38 heavy (non-hydrogen) atoms. The van der Waals surface area contributed by atoms with Crippen LogP contribution in [-0.4, -0.2) is 28.2 Å². The summed E-state index contributed by atoms with van der Waals surface area (Å²) in [6.45, 7) is 1.57. The van der Waals surface area contributed by atoms with Crippen molar-refractivity contribution < 1.29 is 27.1 Å². The number of pyridine rings is 2. The van der Waals surface area contributed by atoms with Gasteiger partial charge < -0.3 is 4.74 Å². The Balaban J connectivity index is 1.79. The molecule has 4 aromatic rings. The highest BCUT2D eigenvalue weighted by Crippen LogP contribution is 2.41. The predicted octanol–water partition coefficient (Wildman–Crippen LogP) is 5.90. The first kappa shape index (κ1) is 25.7. The molecule has 3 heterocycles. The number of fused-ring (bicyclic) bond motifs is 1. The second-order valence-corrected chi connectivity index (χ2v) is 9.69. The van der Waals surface area contributed by atoms with E-state index in [9.17, 15) is 22.8 Å². The summed E-state index contributed by atoms with van der Waals surface area (Å²) >= 11 is 1.14. The first-order valence-electron chi connectivity index (χ1n) is 11.6. The number of rotatable bonds is 6. The minimum atomic E-state index is -1.16. The van der Waals surface area contributed by atoms with Crippen LogP contribution in [0.25, 0.3) is 11.1 Å². The van der Waals surface area contributed by atoms with Gasteiger partial charge in [-0.1, -0.05) is 18.2 Å². The molecule has 1 atom stereocenters. The average Bonchev–Trinajstić information content (AvgIpc) is 3.34. The molecule has 5 rings (SSSR count). The minimum absolute atomic E-state index is 0.0559. The topological polar surface area (TPSA) is 61.2 Å². The Kier molecular flexibility index (Phi) is 6.83. The van der Waals surface area contributed by atoms with Crippen LogP contribution < -0.4 is 10.3 Å². The maximum absolute atomic E-state index is 15.4. The fourth-order valence-corrected chi connectivity index (χ4v) is 6.05. The van der Waals surface area contributed by atoms with Gasteiger partial charge >= 0.3 is 0 Å². The number of Topliss-reactive ketones (excluding diaryl/α,β-unsaturated/α-hetero) is 1. The molecule has 0 radical (unpaired) electrons. The Morgan fingerprint density at radius 1 is 1.03 bits per heavy atom. The summed E-state index contributed by atoms with van der Waals surface area (Å²) in [6.07, 6.45) is 1.01. The summed E-state index contributed by atoms with van der Waals surface area (Å²) in [5.74, 6) is -4.00. The normalized spacial score (nSPS) is 14.4. The zero-order valence-corrected chi connectivity index (χ0v) is 21.0. The molecule has 0 fully saturated rings. The van der Waals surface area contributed by atoms with Crippen molar-refractivity contribution in [1.29, 1.82) is 0 Å². The lowest BCUT2D eigenvalue weighted by Crippen LogP contribution is -2.32. The number of ether oxygens (including phenoxy) is 1. The van der Waals surface area contributed by atoms with Crippen molar-refractivity contribution in [3.05, 3.63) is 111 Å². The smallest absolute Gasteiger partial charge is 0.260 e. The van der Waals surface area contributed by atoms with Crippen LogP contribution >= 0.6 is 11.8 Å². The van der Waals surface area contributed by atoms with Crippen molar-refractivity contribution in [3.63, 3.8) is 0 Å². The molecule has 194 valence electrons. The molecule has 0 bridgehead atoms. The summed E-state index contributed by atoms with van der Waals surface area (Å²) in [6, 6.07) is 9.02. The molecular formula is C28H20F4N2O3S. The third kappa shape index (κ3) is 4.18. The van der Waals surface area contributed by atoms with Crippen LogP contribution in [0.1, 0.15) is 33.2 Å². The molecule has 2 aromatic heterocycles. The van der Waals surface area contributed by atoms with Crippen molar-refractivity contribution in [3.8, 4) is 16.9 Å². The molecule has 1 aliphatic rings. The summed E-state index contributed by atoms with van der Waals surface area (Å²) in [5.41, 5.74) is -0.881. The Hall–Kier alpha value is -3.92. The highest BCUT2D eigenvalue weighted by molar-refractivity contribution is 7.99. The summed E-state index contributed by atoms with van der Waals surface area (Å²) < 4.78 is 65.4. The fourth-order valence-electron chi connectivity index (χ4n) is 4.68. The molecule has 1 unspecified atom stereocenters. The van der Waals surface area contributed by atoms with Crippen molar-refractivity contribution in [2.75, 3.05) is 12.9 Å². The van der Waals surface area contributed by atoms with Crippen LogP contribution in [0.5, 0.6) is 5.75 Å². The van der Waals surface area contributed by atoms with Gasteiger partial charge in [-0.15, -0.1) is 11.8 Å². The van der Waals surface area contributed by atoms with Gasteiger partial charge in [-0.3, -0.25) is 14.2 Å². The maximum Gasteiger partial charge on any atom is 0.260 e. The number of nitrogens with zero attached hydrogens (tertiary/aromatic N) is 2. The van der Waals surface area contributed by atoms with Gasteiger partial charge in [0.25, 0.3) is 5.56 Å². The summed E-state index contributed by atoms with van der Waals surface area (Å²) in [7, 11) is 1.28. The monoisotopic (exact) mass is 540 g/mol. The van der Waals surface area contributed by atoms with E-state index in [1.165, 1.54) is 43.6 Å². The Morgan fingerprint density at radius 3 is 2.39 bits per heavy atom. The molecule has 2 aromatic carbocycles. The van der Waals surface area contributed by atoms with Crippen LogP contribution in [0.2, 0.25) is 0 Å². The van der Waals surface area contributed by atoms with Crippen molar-refractivity contribution in [1.82, 2.24) is 9.55 Å². The molecule has 0 amide bonds.